The molecular weight excluding hydrogens is 252 g/mol. The monoisotopic (exact) mass is 268 g/mol. The van der Waals surface area contributed by atoms with Crippen molar-refractivity contribution < 1.29 is 24.0 Å². The van der Waals surface area contributed by atoms with Gasteiger partial charge in [0.1, 0.15) is 5.76 Å². The first-order chi connectivity index (χ1) is 9.04. The van der Waals surface area contributed by atoms with Crippen molar-refractivity contribution in [3.8, 4) is 5.88 Å². The second-order valence-corrected chi connectivity index (χ2v) is 4.66. The SMILES string of the molecule is Cc1cc(OCC(=O)N2CCC(CC(=O)O)C2)no1. The molecule has 2 heterocycles. The Morgan fingerprint density at radius 3 is 3.05 bits per heavy atom. The normalized spacial score (nSPS) is 18.6. The fourth-order valence-corrected chi connectivity index (χ4v) is 2.11. The van der Waals surface area contributed by atoms with E-state index in [1.165, 1.54) is 0 Å². The lowest BCUT2D eigenvalue weighted by Crippen LogP contribution is -2.33. The van der Waals surface area contributed by atoms with Crippen LogP contribution in [0.4, 0.5) is 0 Å². The summed E-state index contributed by atoms with van der Waals surface area (Å²) in [5.41, 5.74) is 0. The zero-order valence-corrected chi connectivity index (χ0v) is 10.7. The first-order valence-corrected chi connectivity index (χ1v) is 6.10. The summed E-state index contributed by atoms with van der Waals surface area (Å²) in [6, 6.07) is 1.60. The summed E-state index contributed by atoms with van der Waals surface area (Å²) in [6.45, 7) is 2.69. The zero-order chi connectivity index (χ0) is 13.8. The van der Waals surface area contributed by atoms with Gasteiger partial charge in [0.25, 0.3) is 11.8 Å². The highest BCUT2D eigenvalue weighted by atomic mass is 16.5. The van der Waals surface area contributed by atoms with Crippen LogP contribution in [0.25, 0.3) is 0 Å². The number of hydrogen-bond donors (Lipinski definition) is 1. The summed E-state index contributed by atoms with van der Waals surface area (Å²) in [5.74, 6) is -0.0461. The largest absolute Gasteiger partial charge is 0.481 e. The summed E-state index contributed by atoms with van der Waals surface area (Å²) in [4.78, 5) is 24.1. The number of hydrogen-bond acceptors (Lipinski definition) is 5. The Bertz CT molecular complexity index is 470. The third-order valence-electron chi connectivity index (χ3n) is 3.05. The minimum Gasteiger partial charge on any atom is -0.481 e. The van der Waals surface area contributed by atoms with Gasteiger partial charge in [-0.25, -0.2) is 0 Å². The van der Waals surface area contributed by atoms with Crippen molar-refractivity contribution in [2.24, 2.45) is 5.92 Å². The molecule has 104 valence electrons. The number of carbonyl (C=O) groups excluding carboxylic acids is 1. The van der Waals surface area contributed by atoms with Crippen LogP contribution in [0.3, 0.4) is 0 Å². The molecule has 0 aliphatic carbocycles. The molecule has 7 nitrogen and oxygen atoms in total. The van der Waals surface area contributed by atoms with E-state index in [-0.39, 0.29) is 30.7 Å². The van der Waals surface area contributed by atoms with Crippen LogP contribution in [0.5, 0.6) is 5.88 Å². The number of carbonyl (C=O) groups is 2. The van der Waals surface area contributed by atoms with E-state index in [1.54, 1.807) is 17.9 Å². The maximum Gasteiger partial charge on any atom is 0.303 e. The second kappa shape index (κ2) is 5.73. The molecule has 1 saturated heterocycles. The molecule has 1 unspecified atom stereocenters. The van der Waals surface area contributed by atoms with E-state index in [0.29, 0.717) is 18.8 Å². The number of carboxylic acids is 1. The fourth-order valence-electron chi connectivity index (χ4n) is 2.11. The number of likely N-dealkylation sites (tertiary alicyclic amines) is 1. The number of aliphatic carboxylic acids is 1. The van der Waals surface area contributed by atoms with Gasteiger partial charge in [-0.05, 0) is 24.4 Å². The van der Waals surface area contributed by atoms with E-state index in [4.69, 9.17) is 14.4 Å². The number of carboxylic acid groups (broad SMARTS) is 1. The number of amides is 1. The highest BCUT2D eigenvalue weighted by Gasteiger charge is 2.27. The molecule has 1 N–H and O–H groups in total. The van der Waals surface area contributed by atoms with Crippen LogP contribution < -0.4 is 4.74 Å². The predicted octanol–water partition coefficient (Wildman–Crippen LogP) is 0.685. The molecule has 1 aliphatic rings. The maximum atomic E-state index is 11.9. The van der Waals surface area contributed by atoms with Gasteiger partial charge < -0.3 is 19.3 Å². The minimum atomic E-state index is -0.825. The van der Waals surface area contributed by atoms with Crippen LogP contribution in [0, 0.1) is 12.8 Å². The molecule has 1 atom stereocenters. The Morgan fingerprint density at radius 2 is 2.42 bits per heavy atom. The van der Waals surface area contributed by atoms with Crippen LogP contribution in [-0.4, -0.2) is 46.7 Å². The standard InChI is InChI=1S/C12H16N2O5/c1-8-4-10(13-19-8)18-7-11(15)14-3-2-9(6-14)5-12(16)17/h4,9H,2-3,5-7H2,1H3,(H,16,17). The van der Waals surface area contributed by atoms with E-state index < -0.39 is 5.97 Å². The summed E-state index contributed by atoms with van der Waals surface area (Å²) >= 11 is 0. The van der Waals surface area contributed by atoms with Crippen LogP contribution in [0.1, 0.15) is 18.6 Å². The molecule has 0 saturated carbocycles. The van der Waals surface area contributed by atoms with Crippen molar-refractivity contribution in [1.29, 1.82) is 0 Å². The Labute approximate surface area is 110 Å². The molecule has 0 bridgehead atoms. The molecular formula is C12H16N2O5. The average molecular weight is 268 g/mol. The van der Waals surface area contributed by atoms with Crippen molar-refractivity contribution in [2.45, 2.75) is 19.8 Å². The Hall–Kier alpha value is -2.05. The van der Waals surface area contributed by atoms with Crippen molar-refractivity contribution in [1.82, 2.24) is 10.1 Å². The lowest BCUT2D eigenvalue weighted by molar-refractivity contribution is -0.138. The summed E-state index contributed by atoms with van der Waals surface area (Å²) in [7, 11) is 0. The van der Waals surface area contributed by atoms with Crippen molar-refractivity contribution in [3.05, 3.63) is 11.8 Å². The van der Waals surface area contributed by atoms with Gasteiger partial charge in [-0.2, -0.15) is 0 Å². The molecule has 0 spiro atoms. The lowest BCUT2D eigenvalue weighted by Gasteiger charge is -2.15. The molecule has 19 heavy (non-hydrogen) atoms. The second-order valence-electron chi connectivity index (χ2n) is 4.66. The predicted molar refractivity (Wildman–Crippen MR) is 63.7 cm³/mol. The Morgan fingerprint density at radius 1 is 1.63 bits per heavy atom. The molecule has 0 aromatic carbocycles. The van der Waals surface area contributed by atoms with Gasteiger partial charge in [0, 0.05) is 25.6 Å². The molecule has 1 amide bonds. The number of ether oxygens (including phenoxy) is 1. The van der Waals surface area contributed by atoms with Gasteiger partial charge in [0.05, 0.1) is 0 Å². The van der Waals surface area contributed by atoms with E-state index >= 15 is 0 Å². The molecule has 0 radical (unpaired) electrons. The van der Waals surface area contributed by atoms with Crippen LogP contribution in [0.15, 0.2) is 10.6 Å². The highest BCUT2D eigenvalue weighted by Crippen LogP contribution is 2.19. The van der Waals surface area contributed by atoms with Gasteiger partial charge in [-0.1, -0.05) is 0 Å². The quantitative estimate of drug-likeness (QED) is 0.844. The number of aromatic nitrogens is 1. The van der Waals surface area contributed by atoms with Crippen molar-refractivity contribution in [2.75, 3.05) is 19.7 Å². The van der Waals surface area contributed by atoms with Gasteiger partial charge in [-0.15, -0.1) is 0 Å². The maximum absolute atomic E-state index is 11.9. The van der Waals surface area contributed by atoms with Gasteiger partial charge in [0.2, 0.25) is 0 Å². The Balaban J connectivity index is 1.76. The van der Waals surface area contributed by atoms with E-state index in [0.717, 1.165) is 6.42 Å². The zero-order valence-electron chi connectivity index (χ0n) is 10.7. The number of nitrogens with zero attached hydrogens (tertiary/aromatic N) is 2. The minimum absolute atomic E-state index is 0.0377. The molecule has 1 aromatic rings. The first kappa shape index (κ1) is 13.4. The third kappa shape index (κ3) is 3.70. The van der Waals surface area contributed by atoms with Crippen LogP contribution in [-0.2, 0) is 9.59 Å². The van der Waals surface area contributed by atoms with Crippen molar-refractivity contribution in [3.63, 3.8) is 0 Å². The van der Waals surface area contributed by atoms with Gasteiger partial charge in [0.15, 0.2) is 6.61 Å². The van der Waals surface area contributed by atoms with Crippen LogP contribution >= 0.6 is 0 Å². The fraction of sp³-hybridized carbons (Fsp3) is 0.583. The van der Waals surface area contributed by atoms with E-state index in [2.05, 4.69) is 5.16 Å². The molecule has 2 rings (SSSR count). The Kier molecular flexibility index (Phi) is 4.03. The summed E-state index contributed by atoms with van der Waals surface area (Å²) < 4.78 is 10.0. The molecule has 1 fully saturated rings. The molecule has 1 aromatic heterocycles. The van der Waals surface area contributed by atoms with Gasteiger partial charge in [-0.3, -0.25) is 9.59 Å². The van der Waals surface area contributed by atoms with Gasteiger partial charge >= 0.3 is 5.97 Å². The smallest absolute Gasteiger partial charge is 0.303 e. The third-order valence-corrected chi connectivity index (χ3v) is 3.05. The topological polar surface area (TPSA) is 92.9 Å². The van der Waals surface area contributed by atoms with E-state index in [9.17, 15) is 9.59 Å². The lowest BCUT2D eigenvalue weighted by atomic mass is 10.1. The summed E-state index contributed by atoms with van der Waals surface area (Å²) in [5, 5.41) is 12.3. The average Bonchev–Trinajstić information content (AvgIpc) is 2.95. The van der Waals surface area contributed by atoms with Crippen LogP contribution in [0.2, 0.25) is 0 Å². The number of rotatable bonds is 5. The molecule has 1 aliphatic heterocycles. The van der Waals surface area contributed by atoms with Crippen molar-refractivity contribution >= 4 is 11.9 Å². The first-order valence-electron chi connectivity index (χ1n) is 6.10. The molecule has 7 heteroatoms. The van der Waals surface area contributed by atoms with E-state index in [1.807, 2.05) is 0 Å². The highest BCUT2D eigenvalue weighted by molar-refractivity contribution is 5.78. The summed E-state index contributed by atoms with van der Waals surface area (Å²) in [6.07, 6.45) is 0.828. The number of aryl methyl sites for hydroxylation is 1.